The summed E-state index contributed by atoms with van der Waals surface area (Å²) < 4.78 is 0. The Labute approximate surface area is 165 Å². The van der Waals surface area contributed by atoms with Crippen LogP contribution in [0.4, 0.5) is 5.69 Å². The second-order valence-electron chi connectivity index (χ2n) is 7.55. The van der Waals surface area contributed by atoms with E-state index in [0.717, 1.165) is 58.3 Å². The number of benzene rings is 1. The molecule has 0 aromatic heterocycles. The van der Waals surface area contributed by atoms with Gasteiger partial charge in [0.2, 0.25) is 5.91 Å². The van der Waals surface area contributed by atoms with Crippen molar-refractivity contribution in [3.05, 3.63) is 28.8 Å². The molecular formula is C19H25Cl2N3O2. The summed E-state index contributed by atoms with van der Waals surface area (Å²) in [7, 11) is 0. The van der Waals surface area contributed by atoms with Crippen molar-refractivity contribution in [3.63, 3.8) is 0 Å². The van der Waals surface area contributed by atoms with E-state index in [-0.39, 0.29) is 35.6 Å². The molecule has 5 nitrogen and oxygen atoms in total. The molecule has 1 saturated carbocycles. The van der Waals surface area contributed by atoms with Crippen molar-refractivity contribution in [2.45, 2.75) is 32.1 Å². The van der Waals surface area contributed by atoms with E-state index in [0.29, 0.717) is 16.3 Å². The molecule has 1 spiro atoms. The molecule has 1 aromatic carbocycles. The lowest BCUT2D eigenvalue weighted by atomic mass is 9.91. The molecule has 3 fully saturated rings. The summed E-state index contributed by atoms with van der Waals surface area (Å²) in [6.45, 7) is 3.53. The molecule has 2 heterocycles. The molecule has 2 aliphatic heterocycles. The van der Waals surface area contributed by atoms with E-state index >= 15 is 0 Å². The SMILES string of the molecule is Cl.O=C(Nc1ccc(Cl)cc1C(=O)N1CCCC1)C1CC12CCNCC2. The third-order valence-electron chi connectivity index (χ3n) is 5.97. The molecule has 1 aromatic rings. The Morgan fingerprint density at radius 3 is 2.58 bits per heavy atom. The molecule has 0 bridgehead atoms. The summed E-state index contributed by atoms with van der Waals surface area (Å²) in [5.74, 6) is 0.0717. The average Bonchev–Trinajstić information content (AvgIpc) is 3.06. The number of nitrogens with zero attached hydrogens (tertiary/aromatic N) is 1. The maximum atomic E-state index is 12.8. The lowest BCUT2D eigenvalue weighted by Gasteiger charge is -2.23. The number of piperidine rings is 1. The zero-order valence-corrected chi connectivity index (χ0v) is 16.3. The molecule has 142 valence electrons. The second-order valence-corrected chi connectivity index (χ2v) is 7.98. The lowest BCUT2D eigenvalue weighted by Crippen LogP contribution is -2.32. The summed E-state index contributed by atoms with van der Waals surface area (Å²) in [6, 6.07) is 5.15. The average molecular weight is 398 g/mol. The molecule has 7 heteroatoms. The van der Waals surface area contributed by atoms with Gasteiger partial charge in [-0.15, -0.1) is 12.4 Å². The number of rotatable bonds is 3. The van der Waals surface area contributed by atoms with E-state index in [1.165, 1.54) is 0 Å². The topological polar surface area (TPSA) is 61.4 Å². The summed E-state index contributed by atoms with van der Waals surface area (Å²) in [6.07, 6.45) is 5.15. The number of hydrogen-bond donors (Lipinski definition) is 2. The van der Waals surface area contributed by atoms with Crippen LogP contribution in [0.3, 0.4) is 0 Å². The number of amides is 2. The molecule has 1 unspecified atom stereocenters. The Kier molecular flexibility index (Phi) is 5.80. The van der Waals surface area contributed by atoms with Gasteiger partial charge in [0.25, 0.3) is 5.91 Å². The number of halogens is 2. The predicted molar refractivity (Wildman–Crippen MR) is 105 cm³/mol. The molecule has 2 N–H and O–H groups in total. The smallest absolute Gasteiger partial charge is 0.256 e. The van der Waals surface area contributed by atoms with Crippen molar-refractivity contribution in [1.82, 2.24) is 10.2 Å². The van der Waals surface area contributed by atoms with E-state index in [2.05, 4.69) is 10.6 Å². The van der Waals surface area contributed by atoms with Gasteiger partial charge in [-0.3, -0.25) is 9.59 Å². The molecule has 1 atom stereocenters. The first-order chi connectivity index (χ1) is 12.1. The van der Waals surface area contributed by atoms with Gasteiger partial charge in [0.1, 0.15) is 0 Å². The fourth-order valence-corrected chi connectivity index (χ4v) is 4.48. The van der Waals surface area contributed by atoms with Crippen LogP contribution in [0.2, 0.25) is 5.02 Å². The third kappa shape index (κ3) is 3.71. The standard InChI is InChI=1S/C19H24ClN3O2.ClH/c20-13-3-4-16(14(11-13)18(25)23-9-1-2-10-23)22-17(24)15-12-19(15)5-7-21-8-6-19;/h3-4,11,15,21H,1-2,5-10,12H2,(H,22,24);1H. The van der Waals surface area contributed by atoms with Crippen molar-refractivity contribution >= 4 is 41.5 Å². The number of likely N-dealkylation sites (tertiary alicyclic amines) is 1. The zero-order chi connectivity index (χ0) is 17.4. The lowest BCUT2D eigenvalue weighted by molar-refractivity contribution is -0.118. The predicted octanol–water partition coefficient (Wildman–Crippen LogP) is 3.33. The van der Waals surface area contributed by atoms with Crippen molar-refractivity contribution in [2.24, 2.45) is 11.3 Å². The molecular weight excluding hydrogens is 373 g/mol. The van der Waals surface area contributed by atoms with Crippen LogP contribution in [0.5, 0.6) is 0 Å². The maximum Gasteiger partial charge on any atom is 0.256 e. The quantitative estimate of drug-likeness (QED) is 0.821. The molecule has 0 radical (unpaired) electrons. The molecule has 2 saturated heterocycles. The van der Waals surface area contributed by atoms with Crippen LogP contribution in [0.15, 0.2) is 18.2 Å². The van der Waals surface area contributed by atoms with Crippen molar-refractivity contribution in [2.75, 3.05) is 31.5 Å². The summed E-state index contributed by atoms with van der Waals surface area (Å²) in [5.41, 5.74) is 1.27. The van der Waals surface area contributed by atoms with Gasteiger partial charge in [-0.05, 0) is 68.8 Å². The minimum Gasteiger partial charge on any atom is -0.339 e. The van der Waals surface area contributed by atoms with Crippen LogP contribution in [0.25, 0.3) is 0 Å². The zero-order valence-electron chi connectivity index (χ0n) is 14.7. The molecule has 2 amide bonds. The molecule has 3 aliphatic rings. The summed E-state index contributed by atoms with van der Waals surface area (Å²) in [5, 5.41) is 6.88. The molecule has 26 heavy (non-hydrogen) atoms. The van der Waals surface area contributed by atoms with Gasteiger partial charge >= 0.3 is 0 Å². The van der Waals surface area contributed by atoms with Crippen LogP contribution >= 0.6 is 24.0 Å². The fourth-order valence-electron chi connectivity index (χ4n) is 4.31. The van der Waals surface area contributed by atoms with Gasteiger partial charge in [0.05, 0.1) is 11.3 Å². The van der Waals surface area contributed by atoms with Crippen LogP contribution < -0.4 is 10.6 Å². The van der Waals surface area contributed by atoms with Gasteiger partial charge in [0.15, 0.2) is 0 Å². The van der Waals surface area contributed by atoms with Crippen molar-refractivity contribution in [3.8, 4) is 0 Å². The van der Waals surface area contributed by atoms with Gasteiger partial charge in [-0.25, -0.2) is 0 Å². The van der Waals surface area contributed by atoms with E-state index in [9.17, 15) is 9.59 Å². The maximum absolute atomic E-state index is 12.8. The normalized spacial score (nSPS) is 23.4. The number of carbonyl (C=O) groups excluding carboxylic acids is 2. The Bertz CT molecular complexity index is 698. The number of anilines is 1. The highest BCUT2D eigenvalue weighted by Crippen LogP contribution is 2.58. The van der Waals surface area contributed by atoms with Crippen LogP contribution in [-0.4, -0.2) is 42.9 Å². The van der Waals surface area contributed by atoms with Gasteiger partial charge < -0.3 is 15.5 Å². The highest BCUT2D eigenvalue weighted by atomic mass is 35.5. The number of nitrogens with one attached hydrogen (secondary N) is 2. The molecule has 1 aliphatic carbocycles. The first kappa shape index (κ1) is 19.5. The Morgan fingerprint density at radius 1 is 1.19 bits per heavy atom. The summed E-state index contributed by atoms with van der Waals surface area (Å²) in [4.78, 5) is 27.4. The van der Waals surface area contributed by atoms with Gasteiger partial charge in [0, 0.05) is 24.0 Å². The van der Waals surface area contributed by atoms with Crippen LogP contribution in [-0.2, 0) is 4.79 Å². The monoisotopic (exact) mass is 397 g/mol. The largest absolute Gasteiger partial charge is 0.339 e. The third-order valence-corrected chi connectivity index (χ3v) is 6.20. The van der Waals surface area contributed by atoms with Gasteiger partial charge in [-0.2, -0.15) is 0 Å². The minimum absolute atomic E-state index is 0. The highest BCUT2D eigenvalue weighted by molar-refractivity contribution is 6.31. The van der Waals surface area contributed by atoms with Crippen molar-refractivity contribution < 1.29 is 9.59 Å². The van der Waals surface area contributed by atoms with Crippen LogP contribution in [0.1, 0.15) is 42.5 Å². The Morgan fingerprint density at radius 2 is 1.88 bits per heavy atom. The van der Waals surface area contributed by atoms with Gasteiger partial charge in [-0.1, -0.05) is 11.6 Å². The first-order valence-corrected chi connectivity index (χ1v) is 9.57. The van der Waals surface area contributed by atoms with E-state index in [1.807, 2.05) is 4.90 Å². The van der Waals surface area contributed by atoms with Crippen molar-refractivity contribution in [1.29, 1.82) is 0 Å². The Balaban J connectivity index is 0.00000196. The number of hydrogen-bond acceptors (Lipinski definition) is 3. The Hall–Kier alpha value is -1.30. The summed E-state index contributed by atoms with van der Waals surface area (Å²) >= 11 is 6.11. The number of carbonyl (C=O) groups is 2. The van der Waals surface area contributed by atoms with E-state index in [4.69, 9.17) is 11.6 Å². The molecule has 4 rings (SSSR count). The fraction of sp³-hybridized carbons (Fsp3) is 0.579. The van der Waals surface area contributed by atoms with E-state index < -0.39 is 0 Å². The second kappa shape index (κ2) is 7.75. The first-order valence-electron chi connectivity index (χ1n) is 9.19. The van der Waals surface area contributed by atoms with Crippen LogP contribution in [0, 0.1) is 11.3 Å². The highest BCUT2D eigenvalue weighted by Gasteiger charge is 2.57. The van der Waals surface area contributed by atoms with E-state index in [1.54, 1.807) is 18.2 Å². The minimum atomic E-state index is -0.0392.